The van der Waals surface area contributed by atoms with Crippen LogP contribution < -0.4 is 15.2 Å². The van der Waals surface area contributed by atoms with Crippen molar-refractivity contribution in [2.45, 2.75) is 59.5 Å². The molecule has 50 heavy (non-hydrogen) atoms. The van der Waals surface area contributed by atoms with Crippen molar-refractivity contribution in [3.63, 3.8) is 0 Å². The van der Waals surface area contributed by atoms with E-state index in [4.69, 9.17) is 14.0 Å². The minimum atomic E-state index is -0.974. The van der Waals surface area contributed by atoms with Gasteiger partial charge in [0.15, 0.2) is 23.5 Å². The number of carbonyl (C=O) groups is 1. The second kappa shape index (κ2) is 15.9. The van der Waals surface area contributed by atoms with E-state index in [9.17, 15) is 4.79 Å². The van der Waals surface area contributed by atoms with E-state index >= 15 is 4.39 Å². The Balaban J connectivity index is 1.24. The monoisotopic (exact) mass is 679 g/mol. The van der Waals surface area contributed by atoms with Gasteiger partial charge >= 0.3 is 6.09 Å². The van der Waals surface area contributed by atoms with Crippen LogP contribution in [0.4, 0.5) is 20.6 Å². The predicted octanol–water partition coefficient (Wildman–Crippen LogP) is 7.91. The average Bonchev–Trinajstić information content (AvgIpc) is 3.56. The van der Waals surface area contributed by atoms with Crippen LogP contribution in [0.5, 0.6) is 5.75 Å². The van der Waals surface area contributed by atoms with E-state index in [-0.39, 0.29) is 11.6 Å². The Kier molecular flexibility index (Phi) is 11.0. The second-order valence-electron chi connectivity index (χ2n) is 12.6. The van der Waals surface area contributed by atoms with Gasteiger partial charge in [-0.2, -0.15) is 9.99 Å². The maximum Gasteiger partial charge on any atom is 0.434 e. The quantitative estimate of drug-likeness (QED) is 0.103. The van der Waals surface area contributed by atoms with Gasteiger partial charge in [-0.15, -0.1) is 0 Å². The number of anilines is 2. The number of carbonyl (C=O) groups excluding carboxylic acids is 1. The molecular weight excluding hydrogens is 637 g/mol. The summed E-state index contributed by atoms with van der Waals surface area (Å²) in [6.45, 7) is 11.1. The van der Waals surface area contributed by atoms with Gasteiger partial charge in [-0.05, 0) is 82.4 Å². The molecule has 12 heteroatoms. The van der Waals surface area contributed by atoms with Crippen molar-refractivity contribution >= 4 is 17.5 Å². The fourth-order valence-corrected chi connectivity index (χ4v) is 6.28. The van der Waals surface area contributed by atoms with Crippen LogP contribution in [0, 0.1) is 33.5 Å². The van der Waals surface area contributed by atoms with Crippen LogP contribution in [-0.4, -0.2) is 57.3 Å². The number of halogens is 1. The Hall–Kier alpha value is -5.36. The van der Waals surface area contributed by atoms with E-state index < -0.39 is 18.0 Å². The number of aromatic nitrogens is 4. The fourth-order valence-electron chi connectivity index (χ4n) is 6.28. The van der Waals surface area contributed by atoms with Crippen molar-refractivity contribution in [2.75, 3.05) is 36.7 Å². The first-order valence-corrected chi connectivity index (χ1v) is 16.9. The number of hydrogen-bond acceptors (Lipinski definition) is 10. The molecule has 1 aliphatic heterocycles. The lowest BCUT2D eigenvalue weighted by Gasteiger charge is -2.29. The van der Waals surface area contributed by atoms with Gasteiger partial charge in [0.05, 0.1) is 18.0 Å². The first-order chi connectivity index (χ1) is 24.2. The molecule has 1 atom stereocenters. The lowest BCUT2D eigenvalue weighted by molar-refractivity contribution is 0.120. The third kappa shape index (κ3) is 8.43. The predicted molar refractivity (Wildman–Crippen MR) is 188 cm³/mol. The molecule has 5 aromatic rings. The molecule has 1 aliphatic rings. The molecule has 0 saturated carbocycles. The molecule has 1 saturated heterocycles. The standard InChI is InChI=1S/C38H42FN7O4/c1-25-22-26(2)34(27(3)23-25)46(43-31-14-15-33(32(39)24-31)48-21-9-20-45-18-6-5-7-19-45)38(47)49-35(37-40-16-8-17-41-37)29-10-12-30(13-11-29)36-42-28(4)50-44-36/h8,10-17,22-24,35,43H,5-7,9,18-21H2,1-4H3. The molecule has 1 N–H and O–H groups in total. The third-order valence-corrected chi connectivity index (χ3v) is 8.58. The lowest BCUT2D eigenvalue weighted by atomic mass is 10.0. The van der Waals surface area contributed by atoms with Crippen LogP contribution in [0.25, 0.3) is 11.4 Å². The van der Waals surface area contributed by atoms with E-state index in [0.29, 0.717) is 35.3 Å². The molecule has 0 bridgehead atoms. The molecule has 0 spiro atoms. The Bertz CT molecular complexity index is 1870. The average molecular weight is 680 g/mol. The van der Waals surface area contributed by atoms with Gasteiger partial charge in [-0.1, -0.05) is 53.5 Å². The first-order valence-electron chi connectivity index (χ1n) is 16.9. The van der Waals surface area contributed by atoms with Crippen LogP contribution in [-0.2, 0) is 4.74 Å². The second-order valence-corrected chi connectivity index (χ2v) is 12.6. The van der Waals surface area contributed by atoms with Crippen molar-refractivity contribution in [1.29, 1.82) is 0 Å². The maximum atomic E-state index is 15.4. The Morgan fingerprint density at radius 1 is 0.980 bits per heavy atom. The highest BCUT2D eigenvalue weighted by Crippen LogP contribution is 2.32. The van der Waals surface area contributed by atoms with Gasteiger partial charge in [0, 0.05) is 43.1 Å². The third-order valence-electron chi connectivity index (χ3n) is 8.58. The smallest absolute Gasteiger partial charge is 0.434 e. The van der Waals surface area contributed by atoms with Gasteiger partial charge in [0.1, 0.15) is 0 Å². The Labute approximate surface area is 291 Å². The number of likely N-dealkylation sites (tertiary alicyclic amines) is 1. The summed E-state index contributed by atoms with van der Waals surface area (Å²) < 4.78 is 32.5. The van der Waals surface area contributed by atoms with E-state index in [1.807, 2.05) is 45.0 Å². The number of amides is 1. The van der Waals surface area contributed by atoms with Gasteiger partial charge in [-0.25, -0.2) is 19.2 Å². The molecule has 11 nitrogen and oxygen atoms in total. The summed E-state index contributed by atoms with van der Waals surface area (Å²) >= 11 is 0. The highest BCUT2D eigenvalue weighted by atomic mass is 19.1. The SMILES string of the molecule is Cc1cc(C)c(N(Nc2ccc(OCCCN3CCCCC3)c(F)c2)C(=O)OC(c2ccc(-c3noc(C)n3)cc2)c2ncccn2)c(C)c1. The maximum absolute atomic E-state index is 15.4. The summed E-state index contributed by atoms with van der Waals surface area (Å²) in [5.74, 6) is 0.806. The number of rotatable bonds is 12. The summed E-state index contributed by atoms with van der Waals surface area (Å²) in [5.41, 5.74) is 8.07. The summed E-state index contributed by atoms with van der Waals surface area (Å²) in [4.78, 5) is 29.8. The van der Waals surface area contributed by atoms with Crippen LogP contribution in [0.15, 0.2) is 77.6 Å². The fraction of sp³-hybridized carbons (Fsp3) is 0.342. The zero-order valence-corrected chi connectivity index (χ0v) is 28.9. The van der Waals surface area contributed by atoms with E-state index in [1.165, 1.54) is 30.3 Å². The topological polar surface area (TPSA) is 119 Å². The molecule has 0 radical (unpaired) electrons. The van der Waals surface area contributed by atoms with Gasteiger partial charge in [0.25, 0.3) is 0 Å². The normalized spacial score (nSPS) is 13.9. The highest BCUT2D eigenvalue weighted by molar-refractivity contribution is 5.92. The lowest BCUT2D eigenvalue weighted by Crippen LogP contribution is -2.39. The van der Waals surface area contributed by atoms with Crippen LogP contribution in [0.2, 0.25) is 0 Å². The molecule has 2 aromatic heterocycles. The van der Waals surface area contributed by atoms with Crippen LogP contribution >= 0.6 is 0 Å². The van der Waals surface area contributed by atoms with Gasteiger partial charge < -0.3 is 18.9 Å². The minimum absolute atomic E-state index is 0.159. The summed E-state index contributed by atoms with van der Waals surface area (Å²) in [5, 5.41) is 5.28. The Morgan fingerprint density at radius 2 is 1.70 bits per heavy atom. The van der Waals surface area contributed by atoms with Crippen molar-refractivity contribution in [3.05, 3.63) is 113 Å². The molecule has 1 amide bonds. The number of nitrogens with zero attached hydrogens (tertiary/aromatic N) is 6. The van der Waals surface area contributed by atoms with Crippen LogP contribution in [0.1, 0.15) is 65.8 Å². The molecule has 0 aliphatic carbocycles. The molecule has 1 fully saturated rings. The van der Waals surface area contributed by atoms with Crippen LogP contribution in [0.3, 0.4) is 0 Å². The molecule has 1 unspecified atom stereocenters. The van der Waals surface area contributed by atoms with E-state index in [2.05, 4.69) is 30.4 Å². The molecule has 260 valence electrons. The van der Waals surface area contributed by atoms with Crippen molar-refractivity contribution in [3.8, 4) is 17.1 Å². The van der Waals surface area contributed by atoms with Crippen molar-refractivity contribution in [1.82, 2.24) is 25.0 Å². The molecule has 6 rings (SSSR count). The van der Waals surface area contributed by atoms with Gasteiger partial charge in [0.2, 0.25) is 11.7 Å². The van der Waals surface area contributed by atoms with Gasteiger partial charge in [-0.3, -0.25) is 5.43 Å². The van der Waals surface area contributed by atoms with Crippen molar-refractivity contribution in [2.24, 2.45) is 0 Å². The summed E-state index contributed by atoms with van der Waals surface area (Å²) in [7, 11) is 0. The zero-order valence-electron chi connectivity index (χ0n) is 28.9. The number of benzene rings is 3. The summed E-state index contributed by atoms with van der Waals surface area (Å²) in [6.07, 6.45) is 6.02. The Morgan fingerprint density at radius 3 is 2.36 bits per heavy atom. The molecule has 3 aromatic carbocycles. The van der Waals surface area contributed by atoms with E-state index in [1.54, 1.807) is 49.6 Å². The number of aryl methyl sites for hydroxylation is 4. The van der Waals surface area contributed by atoms with Crippen molar-refractivity contribution < 1.29 is 23.2 Å². The highest BCUT2D eigenvalue weighted by Gasteiger charge is 2.29. The number of piperidine rings is 1. The number of nitrogens with one attached hydrogen (secondary N) is 1. The zero-order chi connectivity index (χ0) is 35.0. The number of ether oxygens (including phenoxy) is 2. The first kappa shape index (κ1) is 34.5. The molecular formula is C38H42FN7O4. The molecule has 3 heterocycles. The summed E-state index contributed by atoms with van der Waals surface area (Å²) in [6, 6.07) is 17.4. The number of hydrazine groups is 1. The largest absolute Gasteiger partial charge is 0.490 e. The minimum Gasteiger partial charge on any atom is -0.490 e. The number of hydrogen-bond donors (Lipinski definition) is 1. The van der Waals surface area contributed by atoms with E-state index in [0.717, 1.165) is 48.3 Å².